The van der Waals surface area contributed by atoms with Crippen molar-refractivity contribution in [2.45, 2.75) is 0 Å². The molecule has 0 spiro atoms. The highest BCUT2D eigenvalue weighted by molar-refractivity contribution is 5.92. The van der Waals surface area contributed by atoms with E-state index in [0.29, 0.717) is 6.29 Å². The first kappa shape index (κ1) is 10.2. The van der Waals surface area contributed by atoms with Gasteiger partial charge in [0, 0.05) is 0 Å². The molecule has 1 N–H and O–H groups in total. The molecule has 0 aliphatic rings. The van der Waals surface area contributed by atoms with Gasteiger partial charge in [0.25, 0.3) is 0 Å². The lowest BCUT2D eigenvalue weighted by molar-refractivity contribution is 0.0692. The van der Waals surface area contributed by atoms with Crippen LogP contribution in [0.2, 0.25) is 0 Å². The van der Waals surface area contributed by atoms with Crippen LogP contribution in [0.4, 0.5) is 4.39 Å². The summed E-state index contributed by atoms with van der Waals surface area (Å²) in [5.41, 5.74) is -0.539. The molecule has 1 aromatic carbocycles. The van der Waals surface area contributed by atoms with Crippen LogP contribution in [-0.4, -0.2) is 24.5 Å². The second kappa shape index (κ2) is 3.87. The smallest absolute Gasteiger partial charge is 0.339 e. The quantitative estimate of drug-likeness (QED) is 0.744. The minimum absolute atomic E-state index is 0.230. The van der Waals surface area contributed by atoms with Crippen molar-refractivity contribution in [1.29, 1.82) is 0 Å². The summed E-state index contributed by atoms with van der Waals surface area (Å²) in [5.74, 6) is -2.69. The molecule has 0 amide bonds. The SMILES string of the molecule is COc1c(C(=O)O)ccc(C=O)c1F. The lowest BCUT2D eigenvalue weighted by Gasteiger charge is -2.06. The fourth-order valence-corrected chi connectivity index (χ4v) is 1.03. The molecular weight excluding hydrogens is 191 g/mol. The summed E-state index contributed by atoms with van der Waals surface area (Å²) in [6.07, 6.45) is 0.295. The highest BCUT2D eigenvalue weighted by Crippen LogP contribution is 2.24. The Hall–Kier alpha value is -1.91. The maximum atomic E-state index is 13.3. The van der Waals surface area contributed by atoms with E-state index >= 15 is 0 Å². The third-order valence-corrected chi connectivity index (χ3v) is 1.69. The second-order valence-electron chi connectivity index (χ2n) is 2.47. The maximum absolute atomic E-state index is 13.3. The van der Waals surface area contributed by atoms with Gasteiger partial charge in [-0.1, -0.05) is 0 Å². The first-order valence-corrected chi connectivity index (χ1v) is 3.66. The van der Waals surface area contributed by atoms with Crippen molar-refractivity contribution >= 4 is 12.3 Å². The van der Waals surface area contributed by atoms with E-state index in [1.807, 2.05) is 0 Å². The van der Waals surface area contributed by atoms with E-state index in [1.165, 1.54) is 0 Å². The van der Waals surface area contributed by atoms with Crippen LogP contribution in [0, 0.1) is 5.82 Å². The minimum atomic E-state index is -1.31. The van der Waals surface area contributed by atoms with E-state index in [9.17, 15) is 14.0 Å². The Morgan fingerprint density at radius 1 is 1.57 bits per heavy atom. The van der Waals surface area contributed by atoms with Gasteiger partial charge in [0.05, 0.1) is 12.7 Å². The number of carboxylic acids is 1. The summed E-state index contributed by atoms with van der Waals surface area (Å²) < 4.78 is 17.8. The Morgan fingerprint density at radius 3 is 2.64 bits per heavy atom. The van der Waals surface area contributed by atoms with E-state index in [4.69, 9.17) is 5.11 Å². The summed E-state index contributed by atoms with van der Waals surface area (Å²) in [7, 11) is 1.14. The zero-order valence-corrected chi connectivity index (χ0v) is 7.28. The molecule has 14 heavy (non-hydrogen) atoms. The van der Waals surface area contributed by atoms with Crippen LogP contribution in [0.25, 0.3) is 0 Å². The molecule has 0 bridgehead atoms. The van der Waals surface area contributed by atoms with Crippen molar-refractivity contribution in [3.63, 3.8) is 0 Å². The van der Waals surface area contributed by atoms with Gasteiger partial charge in [-0.15, -0.1) is 0 Å². The molecular formula is C9H7FO4. The van der Waals surface area contributed by atoms with Crippen LogP contribution in [0.1, 0.15) is 20.7 Å². The highest BCUT2D eigenvalue weighted by atomic mass is 19.1. The molecule has 4 nitrogen and oxygen atoms in total. The van der Waals surface area contributed by atoms with Crippen molar-refractivity contribution in [2.24, 2.45) is 0 Å². The Balaban J connectivity index is 3.43. The number of carbonyl (C=O) groups excluding carboxylic acids is 1. The molecule has 0 saturated heterocycles. The van der Waals surface area contributed by atoms with E-state index in [1.54, 1.807) is 0 Å². The van der Waals surface area contributed by atoms with E-state index in [0.717, 1.165) is 19.2 Å². The van der Waals surface area contributed by atoms with Crippen LogP contribution in [0.5, 0.6) is 5.75 Å². The number of rotatable bonds is 3. The molecule has 0 radical (unpaired) electrons. The van der Waals surface area contributed by atoms with Crippen molar-refractivity contribution < 1.29 is 23.8 Å². The Bertz CT molecular complexity index is 387. The van der Waals surface area contributed by atoms with Gasteiger partial charge in [0.15, 0.2) is 17.9 Å². The average Bonchev–Trinajstić information content (AvgIpc) is 2.17. The molecule has 0 aliphatic carbocycles. The predicted molar refractivity (Wildman–Crippen MR) is 45.3 cm³/mol. The lowest BCUT2D eigenvalue weighted by Crippen LogP contribution is -2.04. The molecule has 0 aromatic heterocycles. The summed E-state index contributed by atoms with van der Waals surface area (Å²) in [4.78, 5) is 20.9. The van der Waals surface area contributed by atoms with Crippen LogP contribution in [0.3, 0.4) is 0 Å². The van der Waals surface area contributed by atoms with Crippen molar-refractivity contribution in [3.05, 3.63) is 29.1 Å². The molecule has 5 heteroatoms. The van der Waals surface area contributed by atoms with E-state index in [-0.39, 0.29) is 11.1 Å². The molecule has 0 heterocycles. The van der Waals surface area contributed by atoms with Crippen LogP contribution in [-0.2, 0) is 0 Å². The number of ether oxygens (including phenoxy) is 1. The molecule has 1 rings (SSSR count). The predicted octanol–water partition coefficient (Wildman–Crippen LogP) is 1.34. The number of halogens is 1. The number of hydrogen-bond donors (Lipinski definition) is 1. The van der Waals surface area contributed by atoms with Gasteiger partial charge in [-0.25, -0.2) is 9.18 Å². The minimum Gasteiger partial charge on any atom is -0.493 e. The van der Waals surface area contributed by atoms with Crippen LogP contribution in [0.15, 0.2) is 12.1 Å². The monoisotopic (exact) mass is 198 g/mol. The number of methoxy groups -OCH3 is 1. The number of benzene rings is 1. The number of aromatic carboxylic acids is 1. The topological polar surface area (TPSA) is 63.6 Å². The van der Waals surface area contributed by atoms with Gasteiger partial charge in [-0.2, -0.15) is 0 Å². The van der Waals surface area contributed by atoms with Gasteiger partial charge >= 0.3 is 5.97 Å². The maximum Gasteiger partial charge on any atom is 0.339 e. The fourth-order valence-electron chi connectivity index (χ4n) is 1.03. The molecule has 74 valence electrons. The molecule has 0 aliphatic heterocycles. The van der Waals surface area contributed by atoms with Crippen molar-refractivity contribution in [3.8, 4) is 5.75 Å². The first-order chi connectivity index (χ1) is 6.61. The molecule has 0 unspecified atom stereocenters. The number of aldehydes is 1. The van der Waals surface area contributed by atoms with Crippen molar-refractivity contribution in [1.82, 2.24) is 0 Å². The van der Waals surface area contributed by atoms with Gasteiger partial charge < -0.3 is 9.84 Å². The van der Waals surface area contributed by atoms with Gasteiger partial charge in [-0.3, -0.25) is 4.79 Å². The van der Waals surface area contributed by atoms with Gasteiger partial charge in [-0.05, 0) is 12.1 Å². The van der Waals surface area contributed by atoms with E-state index in [2.05, 4.69) is 4.74 Å². The molecule has 0 saturated carbocycles. The van der Waals surface area contributed by atoms with Gasteiger partial charge in [0.2, 0.25) is 0 Å². The largest absolute Gasteiger partial charge is 0.493 e. The summed E-state index contributed by atoms with van der Waals surface area (Å²) in [6, 6.07) is 2.21. The Kier molecular flexibility index (Phi) is 2.81. The fraction of sp³-hybridized carbons (Fsp3) is 0.111. The number of carboxylic acid groups (broad SMARTS) is 1. The highest BCUT2D eigenvalue weighted by Gasteiger charge is 2.17. The normalized spacial score (nSPS) is 9.57. The van der Waals surface area contributed by atoms with Crippen molar-refractivity contribution in [2.75, 3.05) is 7.11 Å². The van der Waals surface area contributed by atoms with E-state index < -0.39 is 17.5 Å². The summed E-state index contributed by atoms with van der Waals surface area (Å²) in [5, 5.41) is 8.65. The zero-order valence-electron chi connectivity index (χ0n) is 7.28. The van der Waals surface area contributed by atoms with Crippen LogP contribution < -0.4 is 4.74 Å². The number of hydrogen-bond acceptors (Lipinski definition) is 3. The average molecular weight is 198 g/mol. The molecule has 0 atom stereocenters. The summed E-state index contributed by atoms with van der Waals surface area (Å²) in [6.45, 7) is 0. The third-order valence-electron chi connectivity index (χ3n) is 1.69. The Morgan fingerprint density at radius 2 is 2.21 bits per heavy atom. The standard InChI is InChI=1S/C9H7FO4/c1-14-8-6(9(12)13)3-2-5(4-11)7(8)10/h2-4H,1H3,(H,12,13). The second-order valence-corrected chi connectivity index (χ2v) is 2.47. The van der Waals surface area contributed by atoms with Gasteiger partial charge in [0.1, 0.15) is 5.56 Å². The molecule has 0 fully saturated rings. The third kappa shape index (κ3) is 1.56. The number of carbonyl (C=O) groups is 2. The molecule has 1 aromatic rings. The zero-order chi connectivity index (χ0) is 10.7. The lowest BCUT2D eigenvalue weighted by atomic mass is 10.1. The first-order valence-electron chi connectivity index (χ1n) is 3.66. The Labute approximate surface area is 78.9 Å². The summed E-state index contributed by atoms with van der Waals surface area (Å²) >= 11 is 0. The van der Waals surface area contributed by atoms with Crippen LogP contribution >= 0.6 is 0 Å².